The summed E-state index contributed by atoms with van der Waals surface area (Å²) in [7, 11) is 0. The number of hydrogen-bond donors (Lipinski definition) is 0. The summed E-state index contributed by atoms with van der Waals surface area (Å²) in [6.07, 6.45) is 1.16. The highest BCUT2D eigenvalue weighted by atomic mass is 16.7. The third-order valence-electron chi connectivity index (χ3n) is 6.81. The predicted molar refractivity (Wildman–Crippen MR) is 133 cm³/mol. The molecule has 1 aromatic heterocycles. The fraction of sp³-hybridized carbons (Fsp3) is 0.321. The Kier molecular flexibility index (Phi) is 5.92. The number of nitrogens with zero attached hydrogens (tertiary/aromatic N) is 4. The topological polar surface area (TPSA) is 42.8 Å². The van der Waals surface area contributed by atoms with E-state index in [-0.39, 0.29) is 0 Å². The molecule has 2 aliphatic heterocycles. The van der Waals surface area contributed by atoms with Gasteiger partial charge in [-0.25, -0.2) is 4.98 Å². The molecule has 0 saturated carbocycles. The summed E-state index contributed by atoms with van der Waals surface area (Å²) in [6.45, 7) is 7.27. The maximum atomic E-state index is 5.56. The summed E-state index contributed by atoms with van der Waals surface area (Å²) in [6, 6.07) is 25.5. The standard InChI is InChI=1S/C28H30N4O2/c1-2-7-22(8-3-1)19-32-25-10-5-4-9-24(25)29-28(32)20-31-14-6-13-30(15-16-31)18-23-11-12-26-27(17-23)34-21-33-26/h1-5,7-12,17H,6,13-16,18-21H2. The quantitative estimate of drug-likeness (QED) is 0.429. The maximum absolute atomic E-state index is 5.56. The molecule has 0 unspecified atom stereocenters. The molecule has 174 valence electrons. The van der Waals surface area contributed by atoms with Gasteiger partial charge in [0, 0.05) is 26.2 Å². The molecular formula is C28H30N4O2. The molecule has 0 radical (unpaired) electrons. The molecule has 0 N–H and O–H groups in total. The number of fused-ring (bicyclic) bond motifs is 2. The smallest absolute Gasteiger partial charge is 0.231 e. The Balaban J connectivity index is 1.15. The van der Waals surface area contributed by atoms with E-state index in [1.54, 1.807) is 0 Å². The molecule has 1 fully saturated rings. The van der Waals surface area contributed by atoms with Gasteiger partial charge in [0.15, 0.2) is 11.5 Å². The number of imidazole rings is 1. The van der Waals surface area contributed by atoms with Crippen LogP contribution in [0.4, 0.5) is 0 Å². The van der Waals surface area contributed by atoms with Crippen LogP contribution in [0.25, 0.3) is 11.0 Å². The van der Waals surface area contributed by atoms with E-state index >= 15 is 0 Å². The van der Waals surface area contributed by atoms with Gasteiger partial charge in [-0.05, 0) is 54.9 Å². The zero-order valence-electron chi connectivity index (χ0n) is 19.4. The van der Waals surface area contributed by atoms with Gasteiger partial charge in [0.2, 0.25) is 6.79 Å². The Labute approximate surface area is 200 Å². The lowest BCUT2D eigenvalue weighted by Gasteiger charge is -2.22. The summed E-state index contributed by atoms with van der Waals surface area (Å²) < 4.78 is 13.4. The molecule has 0 atom stereocenters. The first-order chi connectivity index (χ1) is 16.8. The van der Waals surface area contributed by atoms with Gasteiger partial charge in [-0.15, -0.1) is 0 Å². The molecule has 0 spiro atoms. The van der Waals surface area contributed by atoms with Crippen LogP contribution in [0.5, 0.6) is 11.5 Å². The summed E-state index contributed by atoms with van der Waals surface area (Å²) in [4.78, 5) is 10.1. The van der Waals surface area contributed by atoms with Gasteiger partial charge < -0.3 is 14.0 Å². The highest BCUT2D eigenvalue weighted by Crippen LogP contribution is 2.33. The summed E-state index contributed by atoms with van der Waals surface area (Å²) >= 11 is 0. The second-order valence-electron chi connectivity index (χ2n) is 9.18. The highest BCUT2D eigenvalue weighted by Gasteiger charge is 2.20. The van der Waals surface area contributed by atoms with Crippen molar-refractivity contribution in [3.8, 4) is 11.5 Å². The fourth-order valence-electron chi connectivity index (χ4n) is 5.03. The average Bonchev–Trinajstić information content (AvgIpc) is 3.40. The number of rotatable bonds is 6. The molecule has 0 amide bonds. The predicted octanol–water partition coefficient (Wildman–Crippen LogP) is 4.52. The lowest BCUT2D eigenvalue weighted by molar-refractivity contribution is 0.174. The van der Waals surface area contributed by atoms with E-state index in [9.17, 15) is 0 Å². The summed E-state index contributed by atoms with van der Waals surface area (Å²) in [5, 5.41) is 0. The molecule has 0 bridgehead atoms. The van der Waals surface area contributed by atoms with Gasteiger partial charge in [0.1, 0.15) is 5.82 Å². The van der Waals surface area contributed by atoms with E-state index in [4.69, 9.17) is 14.5 Å². The zero-order valence-corrected chi connectivity index (χ0v) is 19.4. The Morgan fingerprint density at radius 1 is 0.676 bits per heavy atom. The van der Waals surface area contributed by atoms with Gasteiger partial charge in [0.05, 0.1) is 17.6 Å². The van der Waals surface area contributed by atoms with Crippen molar-refractivity contribution in [2.75, 3.05) is 33.0 Å². The van der Waals surface area contributed by atoms with E-state index < -0.39 is 0 Å². The van der Waals surface area contributed by atoms with Crippen LogP contribution in [0.3, 0.4) is 0 Å². The van der Waals surface area contributed by atoms with Crippen LogP contribution in [-0.2, 0) is 19.6 Å². The Morgan fingerprint density at radius 2 is 1.44 bits per heavy atom. The Morgan fingerprint density at radius 3 is 2.32 bits per heavy atom. The molecule has 4 aromatic rings. The molecular weight excluding hydrogens is 424 g/mol. The number of aromatic nitrogens is 2. The minimum absolute atomic E-state index is 0.326. The number of ether oxygens (including phenoxy) is 2. The monoisotopic (exact) mass is 454 g/mol. The minimum atomic E-state index is 0.326. The number of hydrogen-bond acceptors (Lipinski definition) is 5. The number of para-hydroxylation sites is 2. The van der Waals surface area contributed by atoms with Crippen LogP contribution < -0.4 is 9.47 Å². The van der Waals surface area contributed by atoms with Crippen molar-refractivity contribution < 1.29 is 9.47 Å². The summed E-state index contributed by atoms with van der Waals surface area (Å²) in [5.41, 5.74) is 4.87. The van der Waals surface area contributed by atoms with Gasteiger partial charge in [-0.1, -0.05) is 48.5 Å². The van der Waals surface area contributed by atoms with Crippen molar-refractivity contribution >= 4 is 11.0 Å². The third-order valence-corrected chi connectivity index (χ3v) is 6.81. The SMILES string of the molecule is c1ccc(Cn2c(CN3CCCN(Cc4ccc5c(c4)OCO5)CC3)nc3ccccc32)cc1. The van der Waals surface area contributed by atoms with E-state index in [1.165, 1.54) is 16.6 Å². The molecule has 0 aliphatic carbocycles. The van der Waals surface area contributed by atoms with Gasteiger partial charge in [0.25, 0.3) is 0 Å². The van der Waals surface area contributed by atoms with E-state index in [0.29, 0.717) is 6.79 Å². The molecule has 6 heteroatoms. The molecule has 3 heterocycles. The molecule has 34 heavy (non-hydrogen) atoms. The van der Waals surface area contributed by atoms with E-state index in [1.807, 2.05) is 6.07 Å². The first-order valence-corrected chi connectivity index (χ1v) is 12.1. The van der Waals surface area contributed by atoms with Crippen molar-refractivity contribution in [1.29, 1.82) is 0 Å². The maximum Gasteiger partial charge on any atom is 0.231 e. The van der Waals surface area contributed by atoms with E-state index in [0.717, 1.165) is 75.1 Å². The zero-order chi connectivity index (χ0) is 22.7. The second kappa shape index (κ2) is 9.49. The van der Waals surface area contributed by atoms with Crippen LogP contribution >= 0.6 is 0 Å². The first kappa shape index (κ1) is 21.2. The Bertz CT molecular complexity index is 1270. The van der Waals surface area contributed by atoms with Crippen molar-refractivity contribution in [3.63, 3.8) is 0 Å². The molecule has 2 aliphatic rings. The van der Waals surface area contributed by atoms with Gasteiger partial charge in [-0.3, -0.25) is 9.80 Å². The van der Waals surface area contributed by atoms with Crippen LogP contribution in [-0.4, -0.2) is 52.3 Å². The lowest BCUT2D eigenvalue weighted by Crippen LogP contribution is -2.31. The van der Waals surface area contributed by atoms with Crippen molar-refractivity contribution in [1.82, 2.24) is 19.4 Å². The normalized spacial score (nSPS) is 16.7. The van der Waals surface area contributed by atoms with Crippen LogP contribution in [0.1, 0.15) is 23.4 Å². The molecule has 6 rings (SSSR count). The van der Waals surface area contributed by atoms with Crippen molar-refractivity contribution in [2.24, 2.45) is 0 Å². The van der Waals surface area contributed by atoms with Crippen LogP contribution in [0, 0.1) is 0 Å². The first-order valence-electron chi connectivity index (χ1n) is 12.1. The number of benzene rings is 3. The van der Waals surface area contributed by atoms with Crippen LogP contribution in [0.15, 0.2) is 72.8 Å². The van der Waals surface area contributed by atoms with Crippen molar-refractivity contribution in [3.05, 3.63) is 89.7 Å². The van der Waals surface area contributed by atoms with Gasteiger partial charge in [-0.2, -0.15) is 0 Å². The third kappa shape index (κ3) is 4.52. The largest absolute Gasteiger partial charge is 0.454 e. The van der Waals surface area contributed by atoms with E-state index in [2.05, 4.69) is 81.1 Å². The highest BCUT2D eigenvalue weighted by molar-refractivity contribution is 5.76. The fourth-order valence-corrected chi connectivity index (χ4v) is 5.03. The average molecular weight is 455 g/mol. The molecule has 6 nitrogen and oxygen atoms in total. The molecule has 3 aromatic carbocycles. The second-order valence-corrected chi connectivity index (χ2v) is 9.18. The van der Waals surface area contributed by atoms with Crippen LogP contribution in [0.2, 0.25) is 0 Å². The van der Waals surface area contributed by atoms with Gasteiger partial charge >= 0.3 is 0 Å². The summed E-state index contributed by atoms with van der Waals surface area (Å²) in [5.74, 6) is 2.87. The molecule has 1 saturated heterocycles. The lowest BCUT2D eigenvalue weighted by atomic mass is 10.2. The minimum Gasteiger partial charge on any atom is -0.454 e. The Hall–Kier alpha value is -3.35. The van der Waals surface area contributed by atoms with Crippen molar-refractivity contribution in [2.45, 2.75) is 26.1 Å².